The quantitative estimate of drug-likeness (QED) is 0.720. The molecule has 0 saturated carbocycles. The molecule has 0 spiro atoms. The van der Waals surface area contributed by atoms with Gasteiger partial charge >= 0.3 is 5.97 Å². The number of carbonyl (C=O) groups is 2. The summed E-state index contributed by atoms with van der Waals surface area (Å²) >= 11 is 1.46. The number of carboxylic acids is 1. The summed E-state index contributed by atoms with van der Waals surface area (Å²) in [6.07, 6.45) is 5.54. The minimum atomic E-state index is -1.12. The first-order valence-electron chi connectivity index (χ1n) is 6.88. The van der Waals surface area contributed by atoms with Crippen LogP contribution in [0.15, 0.2) is 6.07 Å². The molecule has 1 atom stereocenters. The molecule has 0 unspecified atom stereocenters. The Morgan fingerprint density at radius 2 is 2.05 bits per heavy atom. The third-order valence-corrected chi connectivity index (χ3v) is 4.73. The van der Waals surface area contributed by atoms with E-state index in [0.717, 1.165) is 25.7 Å². The number of aliphatic carboxylic acids is 1. The Morgan fingerprint density at radius 3 is 2.75 bits per heavy atom. The van der Waals surface area contributed by atoms with E-state index in [2.05, 4.69) is 5.32 Å². The van der Waals surface area contributed by atoms with Crippen molar-refractivity contribution in [2.45, 2.75) is 44.6 Å². The lowest BCUT2D eigenvalue weighted by Crippen LogP contribution is -2.41. The Labute approximate surface area is 121 Å². The van der Waals surface area contributed by atoms with E-state index in [1.807, 2.05) is 6.07 Å². The lowest BCUT2D eigenvalue weighted by molar-refractivity contribution is -0.139. The second-order valence-electron chi connectivity index (χ2n) is 5.00. The number of thiophene rings is 1. The number of nitrogens with one attached hydrogen (secondary N) is 1. The molecule has 1 aromatic heterocycles. The van der Waals surface area contributed by atoms with Gasteiger partial charge in [-0.1, -0.05) is 6.42 Å². The van der Waals surface area contributed by atoms with E-state index in [-0.39, 0.29) is 18.9 Å². The van der Waals surface area contributed by atoms with Crippen molar-refractivity contribution in [3.8, 4) is 0 Å². The summed E-state index contributed by atoms with van der Waals surface area (Å²) in [6.45, 7) is -0.266. The molecule has 0 aliphatic heterocycles. The Kier molecular flexibility index (Phi) is 5.14. The molecular formula is C14H19NO4S. The Balaban J connectivity index is 2.07. The summed E-state index contributed by atoms with van der Waals surface area (Å²) < 4.78 is 0. The molecule has 3 N–H and O–H groups in total. The summed E-state index contributed by atoms with van der Waals surface area (Å²) in [5.41, 5.74) is 1.23. The van der Waals surface area contributed by atoms with E-state index in [9.17, 15) is 9.59 Å². The van der Waals surface area contributed by atoms with Gasteiger partial charge in [-0.25, -0.2) is 4.79 Å². The van der Waals surface area contributed by atoms with Crippen molar-refractivity contribution in [2.24, 2.45) is 0 Å². The minimum Gasteiger partial charge on any atom is -0.480 e. The zero-order chi connectivity index (χ0) is 14.5. The molecule has 2 rings (SSSR count). The average molecular weight is 297 g/mol. The van der Waals surface area contributed by atoms with Crippen molar-refractivity contribution in [1.29, 1.82) is 0 Å². The Hall–Kier alpha value is -1.40. The molecule has 1 aromatic rings. The van der Waals surface area contributed by atoms with Crippen LogP contribution in [0.2, 0.25) is 0 Å². The van der Waals surface area contributed by atoms with Gasteiger partial charge < -0.3 is 15.5 Å². The number of fused-ring (bicyclic) bond motifs is 1. The fourth-order valence-electron chi connectivity index (χ4n) is 2.40. The minimum absolute atomic E-state index is 0.0200. The molecule has 1 heterocycles. The SMILES string of the molecule is O=C(N[C@H](CCO)C(=O)O)c1cc2c(s1)CCCCC2. The number of aliphatic hydroxyl groups is 1. The number of carboxylic acid groups (broad SMARTS) is 1. The summed E-state index contributed by atoms with van der Waals surface area (Å²) in [5.74, 6) is -1.48. The van der Waals surface area contributed by atoms with Gasteiger partial charge in [0.25, 0.3) is 5.91 Å². The van der Waals surface area contributed by atoms with Crippen molar-refractivity contribution in [1.82, 2.24) is 5.32 Å². The summed E-state index contributed by atoms with van der Waals surface area (Å²) in [4.78, 5) is 24.9. The van der Waals surface area contributed by atoms with Crippen molar-refractivity contribution in [3.63, 3.8) is 0 Å². The third kappa shape index (κ3) is 3.58. The van der Waals surface area contributed by atoms with Crippen LogP contribution in [-0.2, 0) is 17.6 Å². The van der Waals surface area contributed by atoms with Crippen molar-refractivity contribution >= 4 is 23.2 Å². The highest BCUT2D eigenvalue weighted by molar-refractivity contribution is 7.14. The highest BCUT2D eigenvalue weighted by Gasteiger charge is 2.22. The molecule has 0 radical (unpaired) electrons. The third-order valence-electron chi connectivity index (χ3n) is 3.49. The molecule has 20 heavy (non-hydrogen) atoms. The normalized spacial score (nSPS) is 16.1. The first-order valence-corrected chi connectivity index (χ1v) is 7.69. The van der Waals surface area contributed by atoms with E-state index in [1.54, 1.807) is 0 Å². The average Bonchev–Trinajstić information content (AvgIpc) is 2.69. The Bertz CT molecular complexity index is 474. The van der Waals surface area contributed by atoms with Crippen LogP contribution in [0.5, 0.6) is 0 Å². The lowest BCUT2D eigenvalue weighted by Gasteiger charge is -2.12. The van der Waals surface area contributed by atoms with Crippen LogP contribution < -0.4 is 5.32 Å². The number of carbonyl (C=O) groups excluding carboxylic acids is 1. The maximum Gasteiger partial charge on any atom is 0.326 e. The molecular weight excluding hydrogens is 278 g/mol. The van der Waals surface area contributed by atoms with Gasteiger partial charge in [-0.15, -0.1) is 11.3 Å². The molecule has 0 aromatic carbocycles. The molecule has 0 saturated heterocycles. The zero-order valence-corrected chi connectivity index (χ0v) is 12.0. The topological polar surface area (TPSA) is 86.6 Å². The summed E-state index contributed by atoms with van der Waals surface area (Å²) in [7, 11) is 0. The number of hydrogen-bond donors (Lipinski definition) is 3. The van der Waals surface area contributed by atoms with E-state index in [0.29, 0.717) is 4.88 Å². The van der Waals surface area contributed by atoms with Crippen LogP contribution in [0.25, 0.3) is 0 Å². The van der Waals surface area contributed by atoms with Gasteiger partial charge in [0.05, 0.1) is 4.88 Å². The second kappa shape index (κ2) is 6.85. The molecule has 5 nitrogen and oxygen atoms in total. The molecule has 1 amide bonds. The van der Waals surface area contributed by atoms with E-state index in [4.69, 9.17) is 10.2 Å². The molecule has 0 fully saturated rings. The van der Waals surface area contributed by atoms with Gasteiger partial charge in [0.1, 0.15) is 6.04 Å². The van der Waals surface area contributed by atoms with Crippen molar-refractivity contribution in [2.75, 3.05) is 6.61 Å². The van der Waals surface area contributed by atoms with Gasteiger partial charge in [0.2, 0.25) is 0 Å². The van der Waals surface area contributed by atoms with Gasteiger partial charge in [-0.2, -0.15) is 0 Å². The maximum absolute atomic E-state index is 12.1. The van der Waals surface area contributed by atoms with Crippen LogP contribution in [0.3, 0.4) is 0 Å². The standard InChI is InChI=1S/C14H19NO4S/c16-7-6-10(14(18)19)15-13(17)12-8-9-4-2-1-3-5-11(9)20-12/h8,10,16H,1-7H2,(H,15,17)(H,18,19)/t10-/m1/s1. The monoisotopic (exact) mass is 297 g/mol. The number of aliphatic hydroxyl groups excluding tert-OH is 1. The highest BCUT2D eigenvalue weighted by atomic mass is 32.1. The van der Waals surface area contributed by atoms with Crippen molar-refractivity contribution in [3.05, 3.63) is 21.4 Å². The predicted octanol–water partition coefficient (Wildman–Crippen LogP) is 1.58. The molecule has 1 aliphatic carbocycles. The zero-order valence-electron chi connectivity index (χ0n) is 11.2. The van der Waals surface area contributed by atoms with Gasteiger partial charge in [-0.3, -0.25) is 4.79 Å². The molecule has 1 aliphatic rings. The number of hydrogen-bond acceptors (Lipinski definition) is 4. The predicted molar refractivity (Wildman–Crippen MR) is 76.2 cm³/mol. The van der Waals surface area contributed by atoms with E-state index in [1.165, 1.54) is 28.2 Å². The van der Waals surface area contributed by atoms with Crippen LogP contribution in [0, 0.1) is 0 Å². The summed E-state index contributed by atoms with van der Waals surface area (Å²) in [5, 5.41) is 20.3. The maximum atomic E-state index is 12.1. The molecule has 0 bridgehead atoms. The highest BCUT2D eigenvalue weighted by Crippen LogP contribution is 2.28. The van der Waals surface area contributed by atoms with Crippen LogP contribution in [-0.4, -0.2) is 34.7 Å². The van der Waals surface area contributed by atoms with Gasteiger partial charge in [-0.05, 0) is 37.3 Å². The van der Waals surface area contributed by atoms with Crippen LogP contribution in [0.4, 0.5) is 0 Å². The summed E-state index contributed by atoms with van der Waals surface area (Å²) in [6, 6.07) is 0.854. The number of rotatable bonds is 5. The first-order chi connectivity index (χ1) is 9.61. The Morgan fingerprint density at radius 1 is 1.30 bits per heavy atom. The number of amides is 1. The fraction of sp³-hybridized carbons (Fsp3) is 0.571. The van der Waals surface area contributed by atoms with E-state index >= 15 is 0 Å². The number of aryl methyl sites for hydroxylation is 2. The van der Waals surface area contributed by atoms with Crippen LogP contribution >= 0.6 is 11.3 Å². The molecule has 110 valence electrons. The smallest absolute Gasteiger partial charge is 0.326 e. The van der Waals surface area contributed by atoms with Gasteiger partial charge in [0, 0.05) is 17.9 Å². The van der Waals surface area contributed by atoms with Gasteiger partial charge in [0.15, 0.2) is 0 Å². The van der Waals surface area contributed by atoms with E-state index < -0.39 is 12.0 Å². The fourth-order valence-corrected chi connectivity index (χ4v) is 3.55. The second-order valence-corrected chi connectivity index (χ2v) is 6.13. The largest absolute Gasteiger partial charge is 0.480 e. The van der Waals surface area contributed by atoms with Crippen molar-refractivity contribution < 1.29 is 19.8 Å². The van der Waals surface area contributed by atoms with Crippen LogP contribution in [0.1, 0.15) is 45.8 Å². The molecule has 6 heteroatoms. The first kappa shape index (κ1) is 15.0. The lowest BCUT2D eigenvalue weighted by atomic mass is 10.1.